The Morgan fingerprint density at radius 2 is 2.03 bits per heavy atom. The molecule has 0 spiro atoms. The molecule has 1 unspecified atom stereocenters. The van der Waals surface area contributed by atoms with Gasteiger partial charge in [0.1, 0.15) is 30.0 Å². The van der Waals surface area contributed by atoms with Crippen LogP contribution in [0.3, 0.4) is 0 Å². The summed E-state index contributed by atoms with van der Waals surface area (Å²) in [6.45, 7) is 3.43. The molecule has 1 saturated heterocycles. The van der Waals surface area contributed by atoms with Crippen molar-refractivity contribution in [3.8, 4) is 0 Å². The number of aromatic nitrogens is 4. The topological polar surface area (TPSA) is 132 Å². The van der Waals surface area contributed by atoms with Crippen molar-refractivity contribution in [1.82, 2.24) is 23.7 Å². The standard InChI is InChI=1S/C23H25N5O6S/c1-12(2)28-22-19(20(31)25(3)23(28)33)18(21(32)27-8-13(30)11-34-27)16(35-22)9-26-15-7-5-4-6-14(15)24-17(26)10-29/h4-7,12-13,29-30H,8-11H2,1-3H3. The van der Waals surface area contributed by atoms with Crippen molar-refractivity contribution in [2.75, 3.05) is 13.2 Å². The lowest BCUT2D eigenvalue weighted by Crippen LogP contribution is -2.39. The molecular weight excluding hydrogens is 474 g/mol. The fourth-order valence-corrected chi connectivity index (χ4v) is 5.83. The van der Waals surface area contributed by atoms with E-state index in [0.717, 1.165) is 15.1 Å². The lowest BCUT2D eigenvalue weighted by Gasteiger charge is -2.16. The molecule has 0 saturated carbocycles. The molecule has 0 radical (unpaired) electrons. The number of benzene rings is 1. The van der Waals surface area contributed by atoms with Gasteiger partial charge in [-0.15, -0.1) is 11.3 Å². The maximum absolute atomic E-state index is 13.7. The van der Waals surface area contributed by atoms with Crippen LogP contribution in [0, 0.1) is 0 Å². The van der Waals surface area contributed by atoms with E-state index in [1.807, 2.05) is 38.1 Å². The molecule has 4 heterocycles. The number of nitrogens with zero attached hydrogens (tertiary/aromatic N) is 5. The highest BCUT2D eigenvalue weighted by molar-refractivity contribution is 7.19. The van der Waals surface area contributed by atoms with Crippen molar-refractivity contribution >= 4 is 38.5 Å². The first kappa shape index (κ1) is 23.4. The molecule has 3 aromatic heterocycles. The highest BCUT2D eigenvalue weighted by atomic mass is 32.1. The number of carbonyl (C=O) groups is 1. The van der Waals surface area contributed by atoms with Crippen LogP contribution < -0.4 is 11.2 Å². The Hall–Kier alpha value is -3.32. The van der Waals surface area contributed by atoms with Crippen molar-refractivity contribution in [1.29, 1.82) is 0 Å². The first-order valence-electron chi connectivity index (χ1n) is 11.2. The van der Waals surface area contributed by atoms with E-state index >= 15 is 0 Å². The number of aliphatic hydroxyl groups excluding tert-OH is 2. The summed E-state index contributed by atoms with van der Waals surface area (Å²) in [7, 11) is 1.39. The third-order valence-electron chi connectivity index (χ3n) is 6.13. The lowest BCUT2D eigenvalue weighted by atomic mass is 10.1. The van der Waals surface area contributed by atoms with Crippen molar-refractivity contribution in [2.45, 2.75) is 39.1 Å². The van der Waals surface area contributed by atoms with E-state index in [4.69, 9.17) is 4.84 Å². The lowest BCUT2D eigenvalue weighted by molar-refractivity contribution is -0.0778. The summed E-state index contributed by atoms with van der Waals surface area (Å²) in [4.78, 5) is 50.7. The van der Waals surface area contributed by atoms with E-state index in [9.17, 15) is 24.6 Å². The van der Waals surface area contributed by atoms with E-state index in [1.54, 1.807) is 4.57 Å². The molecule has 2 N–H and O–H groups in total. The Morgan fingerprint density at radius 3 is 2.69 bits per heavy atom. The Morgan fingerprint density at radius 1 is 1.29 bits per heavy atom. The van der Waals surface area contributed by atoms with Gasteiger partial charge in [0.15, 0.2) is 0 Å². The molecule has 35 heavy (non-hydrogen) atoms. The van der Waals surface area contributed by atoms with Crippen molar-refractivity contribution in [3.05, 3.63) is 61.4 Å². The highest BCUT2D eigenvalue weighted by Crippen LogP contribution is 2.33. The zero-order chi connectivity index (χ0) is 25.0. The average Bonchev–Trinajstić information content (AvgIpc) is 3.53. The Kier molecular flexibility index (Phi) is 5.83. The molecule has 11 nitrogen and oxygen atoms in total. The number of rotatable bonds is 5. The third-order valence-corrected chi connectivity index (χ3v) is 7.30. The number of aliphatic hydroxyl groups is 2. The van der Waals surface area contributed by atoms with E-state index in [2.05, 4.69) is 4.98 Å². The largest absolute Gasteiger partial charge is 0.389 e. The molecule has 1 aliphatic heterocycles. The number of hydrogen-bond acceptors (Lipinski definition) is 8. The predicted octanol–water partition coefficient (Wildman–Crippen LogP) is 0.981. The first-order valence-corrected chi connectivity index (χ1v) is 12.0. The number of amides is 1. The fraction of sp³-hybridized carbons (Fsp3) is 0.391. The van der Waals surface area contributed by atoms with Crippen molar-refractivity contribution in [3.63, 3.8) is 0 Å². The van der Waals surface area contributed by atoms with Crippen molar-refractivity contribution in [2.24, 2.45) is 7.05 Å². The average molecular weight is 500 g/mol. The second-order valence-electron chi connectivity index (χ2n) is 8.77. The molecule has 184 valence electrons. The minimum atomic E-state index is -0.831. The summed E-state index contributed by atoms with van der Waals surface area (Å²) in [6.07, 6.45) is -0.831. The summed E-state index contributed by atoms with van der Waals surface area (Å²) < 4.78 is 4.29. The maximum Gasteiger partial charge on any atom is 0.332 e. The van der Waals surface area contributed by atoms with Crippen LogP contribution in [0.2, 0.25) is 0 Å². The molecule has 12 heteroatoms. The summed E-state index contributed by atoms with van der Waals surface area (Å²) >= 11 is 1.18. The van der Waals surface area contributed by atoms with Crippen LogP contribution >= 0.6 is 11.3 Å². The van der Waals surface area contributed by atoms with Gasteiger partial charge < -0.3 is 14.8 Å². The van der Waals surface area contributed by atoms with Crippen LogP contribution in [0.25, 0.3) is 21.3 Å². The predicted molar refractivity (Wildman–Crippen MR) is 129 cm³/mol. The number of thiophene rings is 1. The molecule has 1 amide bonds. The maximum atomic E-state index is 13.7. The van der Waals surface area contributed by atoms with E-state index < -0.39 is 23.3 Å². The zero-order valence-corrected chi connectivity index (χ0v) is 20.3. The highest BCUT2D eigenvalue weighted by Gasteiger charge is 2.33. The molecular formula is C23H25N5O6S. The fourth-order valence-electron chi connectivity index (χ4n) is 4.43. The second-order valence-corrected chi connectivity index (χ2v) is 9.85. The number of β-amino-alcohol motifs (C(OH)–C–C–N with tert-alkyl or cyclic N) is 1. The number of hydroxylamine groups is 2. The zero-order valence-electron chi connectivity index (χ0n) is 19.5. The minimum absolute atomic E-state index is 0.0291. The quantitative estimate of drug-likeness (QED) is 0.418. The van der Waals surface area contributed by atoms with Gasteiger partial charge in [0.05, 0.1) is 35.1 Å². The van der Waals surface area contributed by atoms with Crippen LogP contribution in [0.15, 0.2) is 33.9 Å². The minimum Gasteiger partial charge on any atom is -0.389 e. The molecule has 4 aromatic rings. The SMILES string of the molecule is CC(C)n1c(=O)n(C)c(=O)c2c(C(=O)N3CC(O)CO3)c(Cn3c(CO)nc4ccccc43)sc21. The van der Waals surface area contributed by atoms with Gasteiger partial charge in [-0.05, 0) is 26.0 Å². The summed E-state index contributed by atoms with van der Waals surface area (Å²) in [5.41, 5.74) is 0.517. The van der Waals surface area contributed by atoms with Gasteiger partial charge in [0.25, 0.3) is 11.5 Å². The molecule has 0 aliphatic carbocycles. The van der Waals surface area contributed by atoms with Gasteiger partial charge in [-0.1, -0.05) is 12.1 Å². The van der Waals surface area contributed by atoms with Gasteiger partial charge in [0.2, 0.25) is 0 Å². The smallest absolute Gasteiger partial charge is 0.332 e. The molecule has 1 aliphatic rings. The van der Waals surface area contributed by atoms with Gasteiger partial charge in [-0.2, -0.15) is 0 Å². The molecule has 1 fully saturated rings. The van der Waals surface area contributed by atoms with Gasteiger partial charge in [-0.25, -0.2) is 14.8 Å². The summed E-state index contributed by atoms with van der Waals surface area (Å²) in [5, 5.41) is 21.0. The monoisotopic (exact) mass is 499 g/mol. The van der Waals surface area contributed by atoms with Crippen LogP contribution in [0.5, 0.6) is 0 Å². The number of hydrogen-bond donors (Lipinski definition) is 2. The molecule has 1 atom stereocenters. The van der Waals surface area contributed by atoms with Crippen molar-refractivity contribution < 1.29 is 19.8 Å². The normalized spacial score (nSPS) is 16.3. The molecule has 1 aromatic carbocycles. The number of fused-ring (bicyclic) bond motifs is 2. The molecule has 0 bridgehead atoms. The first-order chi connectivity index (χ1) is 16.7. The summed E-state index contributed by atoms with van der Waals surface area (Å²) in [5.74, 6) is -0.159. The Bertz CT molecular complexity index is 1580. The van der Waals surface area contributed by atoms with Gasteiger partial charge >= 0.3 is 5.69 Å². The van der Waals surface area contributed by atoms with E-state index in [-0.39, 0.29) is 43.3 Å². The number of para-hydroxylation sites is 2. The number of carbonyl (C=O) groups excluding carboxylic acids is 1. The number of imidazole rings is 1. The van der Waals surface area contributed by atoms with Gasteiger partial charge in [-0.3, -0.25) is 23.6 Å². The Balaban J connectivity index is 1.80. The van der Waals surface area contributed by atoms with Crippen LogP contribution in [-0.4, -0.2) is 59.1 Å². The van der Waals surface area contributed by atoms with Crippen LogP contribution in [-0.2, 0) is 25.0 Å². The van der Waals surface area contributed by atoms with Crippen LogP contribution in [0.1, 0.15) is 40.9 Å². The Labute approximate surface area is 203 Å². The van der Waals surface area contributed by atoms with E-state index in [0.29, 0.717) is 21.0 Å². The van der Waals surface area contributed by atoms with E-state index in [1.165, 1.54) is 23.0 Å². The van der Waals surface area contributed by atoms with Crippen LogP contribution in [0.4, 0.5) is 0 Å². The molecule has 5 rings (SSSR count). The van der Waals surface area contributed by atoms with Gasteiger partial charge in [0, 0.05) is 18.0 Å². The third kappa shape index (κ3) is 3.69. The summed E-state index contributed by atoms with van der Waals surface area (Å²) in [6, 6.07) is 7.12. The second kappa shape index (κ2) is 8.72.